The Morgan fingerprint density at radius 1 is 0.935 bits per heavy atom. The fourth-order valence-electron chi connectivity index (χ4n) is 5.53. The van der Waals surface area contributed by atoms with E-state index in [1.165, 1.54) is 11.9 Å². The maximum atomic E-state index is 12.9. The molecule has 242 valence electrons. The number of ether oxygens (including phenoxy) is 4. The van der Waals surface area contributed by atoms with Gasteiger partial charge in [0.05, 0.1) is 64.6 Å². The van der Waals surface area contributed by atoms with Crippen molar-refractivity contribution in [2.75, 3.05) is 71.4 Å². The molecule has 0 spiro atoms. The Labute approximate surface area is 265 Å². The summed E-state index contributed by atoms with van der Waals surface area (Å²) in [6.07, 6.45) is 2.56. The maximum Gasteiger partial charge on any atom is 0.292 e. The first-order valence-corrected chi connectivity index (χ1v) is 15.2. The van der Waals surface area contributed by atoms with Gasteiger partial charge in [0.2, 0.25) is 5.91 Å². The van der Waals surface area contributed by atoms with Gasteiger partial charge >= 0.3 is 0 Å². The second-order valence-electron chi connectivity index (χ2n) is 10.9. The van der Waals surface area contributed by atoms with E-state index < -0.39 is 0 Å². The van der Waals surface area contributed by atoms with Crippen molar-refractivity contribution < 1.29 is 28.2 Å². The Morgan fingerprint density at radius 3 is 2.52 bits per heavy atom. The number of methoxy groups -OCH3 is 1. The lowest BCUT2D eigenvalue weighted by molar-refractivity contribution is -0.133. The average molecular weight is 631 g/mol. The summed E-state index contributed by atoms with van der Waals surface area (Å²) in [4.78, 5) is 27.7. The minimum atomic E-state index is 0.0847. The first-order chi connectivity index (χ1) is 22.5. The van der Waals surface area contributed by atoms with E-state index in [4.69, 9.17) is 39.9 Å². The highest BCUT2D eigenvalue weighted by atomic mass is 16.6. The van der Waals surface area contributed by atoms with E-state index >= 15 is 0 Å². The van der Waals surface area contributed by atoms with Gasteiger partial charge in [-0.2, -0.15) is 10.1 Å². The number of carbonyl (C=O) groups is 1. The van der Waals surface area contributed by atoms with Crippen molar-refractivity contribution in [2.24, 2.45) is 0 Å². The standard InChI is InChI=1S/C32H38N8O6/c1-42-10-11-44-14-15-45-13-12-43-9-7-27(41)39-8-6-22-16-21(2-3-24(22)19-39)18-40-31-28(30(33)35-20-36-31)29(38-40)23-4-5-26-25(17-23)37-32(34)46-26/h2-5,16-17,20H,6-15,18-19H2,1H3,(H2,34,37)(H2,33,35,36). The van der Waals surface area contributed by atoms with Gasteiger partial charge in [0.1, 0.15) is 23.4 Å². The van der Waals surface area contributed by atoms with Gasteiger partial charge in [-0.1, -0.05) is 18.2 Å². The number of nitrogen functional groups attached to an aromatic ring is 2. The van der Waals surface area contributed by atoms with E-state index in [2.05, 4.69) is 33.2 Å². The smallest absolute Gasteiger partial charge is 0.292 e. The number of aromatic nitrogens is 5. The third-order valence-electron chi connectivity index (χ3n) is 7.84. The monoisotopic (exact) mass is 630 g/mol. The molecule has 0 saturated carbocycles. The zero-order valence-corrected chi connectivity index (χ0v) is 25.8. The van der Waals surface area contributed by atoms with E-state index in [-0.39, 0.29) is 11.9 Å². The lowest BCUT2D eigenvalue weighted by Crippen LogP contribution is -2.36. The lowest BCUT2D eigenvalue weighted by atomic mass is 9.97. The van der Waals surface area contributed by atoms with Crippen molar-refractivity contribution in [3.63, 3.8) is 0 Å². The lowest BCUT2D eigenvalue weighted by Gasteiger charge is -2.29. The predicted octanol–water partition coefficient (Wildman–Crippen LogP) is 2.82. The van der Waals surface area contributed by atoms with Gasteiger partial charge in [-0.15, -0.1) is 0 Å². The molecule has 3 aromatic heterocycles. The Morgan fingerprint density at radius 2 is 1.72 bits per heavy atom. The van der Waals surface area contributed by atoms with Crippen LogP contribution in [-0.2, 0) is 43.3 Å². The van der Waals surface area contributed by atoms with Crippen LogP contribution in [0.15, 0.2) is 47.1 Å². The van der Waals surface area contributed by atoms with Crippen LogP contribution in [-0.4, -0.2) is 95.4 Å². The predicted molar refractivity (Wildman–Crippen MR) is 171 cm³/mol. The number of rotatable bonds is 15. The fraction of sp³-hybridized carbons (Fsp3) is 0.406. The van der Waals surface area contributed by atoms with Crippen LogP contribution in [0.25, 0.3) is 33.4 Å². The first kappa shape index (κ1) is 31.4. The Balaban J connectivity index is 1.04. The summed E-state index contributed by atoms with van der Waals surface area (Å²) in [5.74, 6) is 0.431. The van der Waals surface area contributed by atoms with Gasteiger partial charge < -0.3 is 39.7 Å². The van der Waals surface area contributed by atoms with Crippen LogP contribution in [0.5, 0.6) is 0 Å². The molecule has 14 nitrogen and oxygen atoms in total. The highest BCUT2D eigenvalue weighted by Crippen LogP contribution is 2.33. The molecule has 6 rings (SSSR count). The third kappa shape index (κ3) is 7.26. The van der Waals surface area contributed by atoms with E-state index in [1.54, 1.807) is 7.11 Å². The molecule has 1 aliphatic rings. The molecule has 14 heteroatoms. The number of amides is 1. The van der Waals surface area contributed by atoms with Gasteiger partial charge in [-0.3, -0.25) is 4.79 Å². The molecule has 4 heterocycles. The molecule has 4 N–H and O–H groups in total. The van der Waals surface area contributed by atoms with Crippen LogP contribution in [0.4, 0.5) is 11.8 Å². The molecule has 5 aromatic rings. The Hall–Kier alpha value is -4.63. The van der Waals surface area contributed by atoms with E-state index in [9.17, 15) is 4.79 Å². The van der Waals surface area contributed by atoms with Gasteiger partial charge in [-0.05, 0) is 41.3 Å². The summed E-state index contributed by atoms with van der Waals surface area (Å²) in [6.45, 7) is 5.14. The molecule has 2 aromatic carbocycles. The molecule has 0 fully saturated rings. The quantitative estimate of drug-likeness (QED) is 0.162. The number of oxazole rings is 1. The van der Waals surface area contributed by atoms with Gasteiger partial charge in [0, 0.05) is 25.8 Å². The maximum absolute atomic E-state index is 12.9. The molecule has 46 heavy (non-hydrogen) atoms. The second-order valence-corrected chi connectivity index (χ2v) is 10.9. The number of hydrogen-bond acceptors (Lipinski definition) is 12. The molecule has 1 amide bonds. The van der Waals surface area contributed by atoms with Gasteiger partial charge in [-0.25, -0.2) is 14.6 Å². The number of benzene rings is 2. The van der Waals surface area contributed by atoms with E-state index in [0.717, 1.165) is 23.1 Å². The van der Waals surface area contributed by atoms with Crippen LogP contribution in [0.3, 0.4) is 0 Å². The molecule has 0 atom stereocenters. The number of anilines is 2. The second kappa shape index (κ2) is 14.6. The zero-order valence-electron chi connectivity index (χ0n) is 25.8. The Bertz CT molecular complexity index is 1800. The number of nitrogens with two attached hydrogens (primary N) is 2. The van der Waals surface area contributed by atoms with Crippen LogP contribution >= 0.6 is 0 Å². The Kier molecular flexibility index (Phi) is 9.98. The van der Waals surface area contributed by atoms with Crippen molar-refractivity contribution in [2.45, 2.75) is 25.9 Å². The summed E-state index contributed by atoms with van der Waals surface area (Å²) in [5.41, 5.74) is 18.8. The van der Waals surface area contributed by atoms with Crippen LogP contribution in [0, 0.1) is 0 Å². The number of nitrogens with zero attached hydrogens (tertiary/aromatic N) is 6. The summed E-state index contributed by atoms with van der Waals surface area (Å²) in [7, 11) is 1.64. The van der Waals surface area contributed by atoms with Crippen molar-refractivity contribution >= 4 is 39.9 Å². The van der Waals surface area contributed by atoms with Crippen molar-refractivity contribution in [3.8, 4) is 11.3 Å². The molecule has 0 radical (unpaired) electrons. The third-order valence-corrected chi connectivity index (χ3v) is 7.84. The number of carbonyl (C=O) groups excluding carboxylic acids is 1. The summed E-state index contributed by atoms with van der Waals surface area (Å²) in [6, 6.07) is 12.0. The van der Waals surface area contributed by atoms with Crippen molar-refractivity contribution in [1.29, 1.82) is 0 Å². The highest BCUT2D eigenvalue weighted by molar-refractivity contribution is 5.99. The first-order valence-electron chi connectivity index (χ1n) is 15.2. The summed E-state index contributed by atoms with van der Waals surface area (Å²) in [5, 5.41) is 5.58. The normalized spacial score (nSPS) is 13.1. The molecule has 0 aliphatic carbocycles. The van der Waals surface area contributed by atoms with E-state index in [0.29, 0.717) is 106 Å². The summed E-state index contributed by atoms with van der Waals surface area (Å²) >= 11 is 0. The zero-order chi connectivity index (χ0) is 31.9. The van der Waals surface area contributed by atoms with Crippen LogP contribution in [0.1, 0.15) is 23.1 Å². The fourth-order valence-corrected chi connectivity index (χ4v) is 5.53. The minimum Gasteiger partial charge on any atom is -0.424 e. The highest BCUT2D eigenvalue weighted by Gasteiger charge is 2.22. The molecule has 1 aliphatic heterocycles. The largest absolute Gasteiger partial charge is 0.424 e. The molecule has 0 saturated heterocycles. The van der Waals surface area contributed by atoms with E-state index in [1.807, 2.05) is 27.8 Å². The van der Waals surface area contributed by atoms with Crippen LogP contribution in [0.2, 0.25) is 0 Å². The molecule has 0 unspecified atom stereocenters. The molecule has 0 bridgehead atoms. The SMILES string of the molecule is COCCOCCOCCOCCC(=O)N1CCc2cc(Cn3nc(-c4ccc5oc(N)nc5c4)c4c(N)ncnc43)ccc2C1. The molecular formula is C32H38N8O6. The average Bonchev–Trinajstić information content (AvgIpc) is 3.63. The minimum absolute atomic E-state index is 0.0847. The van der Waals surface area contributed by atoms with Crippen molar-refractivity contribution in [3.05, 3.63) is 59.4 Å². The van der Waals surface area contributed by atoms with Crippen LogP contribution < -0.4 is 11.5 Å². The number of fused-ring (bicyclic) bond motifs is 3. The number of hydrogen-bond donors (Lipinski definition) is 2. The topological polar surface area (TPSA) is 179 Å². The molecular weight excluding hydrogens is 592 g/mol. The van der Waals surface area contributed by atoms with Gasteiger partial charge in [0.25, 0.3) is 6.01 Å². The van der Waals surface area contributed by atoms with Crippen molar-refractivity contribution in [1.82, 2.24) is 29.6 Å². The van der Waals surface area contributed by atoms with Gasteiger partial charge in [0.15, 0.2) is 11.2 Å². The summed E-state index contributed by atoms with van der Waals surface area (Å²) < 4.78 is 28.6.